The van der Waals surface area contributed by atoms with Crippen LogP contribution in [0.3, 0.4) is 0 Å². The van der Waals surface area contributed by atoms with Crippen molar-refractivity contribution in [1.82, 2.24) is 4.90 Å². The maximum absolute atomic E-state index is 14.1. The summed E-state index contributed by atoms with van der Waals surface area (Å²) in [5.74, 6) is -3.71. The minimum Gasteiger partial charge on any atom is -0.478 e. The number of aromatic carboxylic acids is 1. The summed E-state index contributed by atoms with van der Waals surface area (Å²) < 4.78 is 27.6. The molecule has 1 N–H and O–H groups in total. The van der Waals surface area contributed by atoms with Gasteiger partial charge in [-0.05, 0) is 42.7 Å². The van der Waals surface area contributed by atoms with Gasteiger partial charge in [0, 0.05) is 24.7 Å². The molecule has 0 saturated heterocycles. The molecule has 25 heavy (non-hydrogen) atoms. The van der Waals surface area contributed by atoms with Gasteiger partial charge in [0.25, 0.3) is 5.91 Å². The van der Waals surface area contributed by atoms with E-state index in [1.54, 1.807) is 7.05 Å². The van der Waals surface area contributed by atoms with Crippen molar-refractivity contribution >= 4 is 11.9 Å². The van der Waals surface area contributed by atoms with Crippen molar-refractivity contribution in [3.8, 4) is 11.1 Å². The molecule has 0 aliphatic rings. The second-order valence-electron chi connectivity index (χ2n) is 5.83. The minimum absolute atomic E-state index is 0.0882. The summed E-state index contributed by atoms with van der Waals surface area (Å²) >= 11 is 0. The van der Waals surface area contributed by atoms with Gasteiger partial charge >= 0.3 is 5.97 Å². The van der Waals surface area contributed by atoms with Crippen LogP contribution in [-0.4, -0.2) is 35.5 Å². The minimum atomic E-state index is -1.23. The maximum atomic E-state index is 14.1. The van der Waals surface area contributed by atoms with Crippen molar-refractivity contribution < 1.29 is 23.5 Å². The average Bonchev–Trinajstić information content (AvgIpc) is 2.57. The van der Waals surface area contributed by atoms with Crippen LogP contribution in [0.1, 0.15) is 39.6 Å². The highest BCUT2D eigenvalue weighted by Gasteiger charge is 2.21. The van der Waals surface area contributed by atoms with Crippen molar-refractivity contribution in [3.05, 3.63) is 58.7 Å². The predicted octanol–water partition coefficient (Wildman–Crippen LogP) is 4.12. The number of hydrogen-bond acceptors (Lipinski definition) is 2. The van der Waals surface area contributed by atoms with Crippen LogP contribution in [0, 0.1) is 18.6 Å². The van der Waals surface area contributed by atoms with Crippen LogP contribution >= 0.6 is 0 Å². The molecule has 4 nitrogen and oxygen atoms in total. The first kappa shape index (κ1) is 18.6. The Morgan fingerprint density at radius 1 is 1.16 bits per heavy atom. The first-order valence-corrected chi connectivity index (χ1v) is 7.85. The molecule has 1 amide bonds. The molecule has 2 aromatic carbocycles. The van der Waals surface area contributed by atoms with Gasteiger partial charge in [-0.3, -0.25) is 4.79 Å². The Balaban J connectivity index is 2.69. The third-order valence-corrected chi connectivity index (χ3v) is 4.04. The molecule has 132 valence electrons. The molecule has 2 aromatic rings. The monoisotopic (exact) mass is 347 g/mol. The zero-order valence-corrected chi connectivity index (χ0v) is 14.3. The Hall–Kier alpha value is -2.76. The van der Waals surface area contributed by atoms with E-state index in [4.69, 9.17) is 0 Å². The number of carboxylic acid groups (broad SMARTS) is 1. The quantitative estimate of drug-likeness (QED) is 0.885. The molecule has 0 spiro atoms. The van der Waals surface area contributed by atoms with Crippen LogP contribution in [0.25, 0.3) is 11.1 Å². The number of carbonyl (C=O) groups is 2. The van der Waals surface area contributed by atoms with E-state index in [1.807, 2.05) is 6.92 Å². The number of carboxylic acids is 1. The number of hydrogen-bond donors (Lipinski definition) is 1. The summed E-state index contributed by atoms with van der Waals surface area (Å²) in [7, 11) is 1.61. The largest absolute Gasteiger partial charge is 0.478 e. The number of rotatable bonds is 5. The Labute approximate surface area is 144 Å². The molecule has 6 heteroatoms. The number of amides is 1. The van der Waals surface area contributed by atoms with E-state index in [2.05, 4.69) is 0 Å². The second-order valence-corrected chi connectivity index (χ2v) is 5.83. The third kappa shape index (κ3) is 3.68. The summed E-state index contributed by atoms with van der Waals surface area (Å²) in [5.41, 5.74) is 0.396. The van der Waals surface area contributed by atoms with Gasteiger partial charge in [-0.2, -0.15) is 0 Å². The Morgan fingerprint density at radius 3 is 2.40 bits per heavy atom. The van der Waals surface area contributed by atoms with E-state index in [1.165, 1.54) is 36.1 Å². The molecule has 0 unspecified atom stereocenters. The lowest BCUT2D eigenvalue weighted by molar-refractivity contribution is 0.0696. The third-order valence-electron chi connectivity index (χ3n) is 4.04. The highest BCUT2D eigenvalue weighted by Crippen LogP contribution is 2.29. The zero-order valence-electron chi connectivity index (χ0n) is 14.3. The van der Waals surface area contributed by atoms with Crippen molar-refractivity contribution in [3.63, 3.8) is 0 Å². The maximum Gasteiger partial charge on any atom is 0.335 e. The van der Waals surface area contributed by atoms with E-state index in [0.717, 1.165) is 12.5 Å². The van der Waals surface area contributed by atoms with Gasteiger partial charge in [-0.15, -0.1) is 0 Å². The van der Waals surface area contributed by atoms with Crippen molar-refractivity contribution in [2.45, 2.75) is 20.3 Å². The summed E-state index contributed by atoms with van der Waals surface area (Å²) in [6, 6.07) is 6.32. The van der Waals surface area contributed by atoms with Gasteiger partial charge in [0.15, 0.2) is 11.6 Å². The fraction of sp³-hybridized carbons (Fsp3) is 0.263. The lowest BCUT2D eigenvalue weighted by Crippen LogP contribution is -2.28. The van der Waals surface area contributed by atoms with Crippen LogP contribution in [0.2, 0.25) is 0 Å². The summed E-state index contributed by atoms with van der Waals surface area (Å²) in [6.45, 7) is 3.94. The van der Waals surface area contributed by atoms with E-state index < -0.39 is 17.6 Å². The molecule has 0 aromatic heterocycles. The van der Waals surface area contributed by atoms with Gasteiger partial charge in [-0.25, -0.2) is 13.6 Å². The standard InChI is InChI=1S/C19H19F2NO3/c1-4-8-22(3)18(23)14-9-12(10-15(11(14)2)19(24)25)13-6-5-7-16(20)17(13)21/h5-7,9-10H,4,8H2,1-3H3,(H,24,25). The molecule has 0 fully saturated rings. The lowest BCUT2D eigenvalue weighted by Gasteiger charge is -2.19. The molecular formula is C19H19F2NO3. The summed E-state index contributed by atoms with van der Waals surface area (Å²) in [5, 5.41) is 9.42. The van der Waals surface area contributed by atoms with E-state index >= 15 is 0 Å². The lowest BCUT2D eigenvalue weighted by atomic mass is 9.94. The fourth-order valence-corrected chi connectivity index (χ4v) is 2.68. The van der Waals surface area contributed by atoms with Crippen LogP contribution < -0.4 is 0 Å². The highest BCUT2D eigenvalue weighted by atomic mass is 19.2. The molecule has 2 rings (SSSR count). The van der Waals surface area contributed by atoms with E-state index in [0.29, 0.717) is 12.1 Å². The van der Waals surface area contributed by atoms with Gasteiger partial charge in [0.1, 0.15) is 0 Å². The van der Waals surface area contributed by atoms with Gasteiger partial charge in [-0.1, -0.05) is 19.1 Å². The second kappa shape index (κ2) is 7.42. The Morgan fingerprint density at radius 2 is 1.80 bits per heavy atom. The molecule has 0 atom stereocenters. The van der Waals surface area contributed by atoms with E-state index in [9.17, 15) is 23.5 Å². The SMILES string of the molecule is CCCN(C)C(=O)c1cc(-c2cccc(F)c2F)cc(C(=O)O)c1C. The van der Waals surface area contributed by atoms with Crippen molar-refractivity contribution in [2.75, 3.05) is 13.6 Å². The van der Waals surface area contributed by atoms with Crippen LogP contribution in [0.5, 0.6) is 0 Å². The fourth-order valence-electron chi connectivity index (χ4n) is 2.68. The van der Waals surface area contributed by atoms with E-state index in [-0.39, 0.29) is 28.2 Å². The topological polar surface area (TPSA) is 57.6 Å². The smallest absolute Gasteiger partial charge is 0.335 e. The molecule has 0 saturated carbocycles. The number of benzene rings is 2. The normalized spacial score (nSPS) is 10.6. The first-order valence-electron chi connectivity index (χ1n) is 7.85. The van der Waals surface area contributed by atoms with Gasteiger partial charge < -0.3 is 10.0 Å². The Kier molecular flexibility index (Phi) is 5.51. The van der Waals surface area contributed by atoms with Crippen LogP contribution in [0.4, 0.5) is 8.78 Å². The molecule has 0 heterocycles. The molecule has 0 radical (unpaired) electrons. The summed E-state index contributed by atoms with van der Waals surface area (Å²) in [6.07, 6.45) is 0.741. The van der Waals surface area contributed by atoms with Gasteiger partial charge in [0.05, 0.1) is 5.56 Å². The molecule has 0 aliphatic carbocycles. The number of halogens is 2. The summed E-state index contributed by atoms with van der Waals surface area (Å²) in [4.78, 5) is 25.6. The first-order chi connectivity index (χ1) is 11.8. The molecular weight excluding hydrogens is 328 g/mol. The predicted molar refractivity (Wildman–Crippen MR) is 90.7 cm³/mol. The molecule has 0 aliphatic heterocycles. The van der Waals surface area contributed by atoms with Crippen LogP contribution in [0.15, 0.2) is 30.3 Å². The van der Waals surface area contributed by atoms with Crippen molar-refractivity contribution in [1.29, 1.82) is 0 Å². The van der Waals surface area contributed by atoms with Crippen molar-refractivity contribution in [2.24, 2.45) is 0 Å². The number of carbonyl (C=O) groups excluding carboxylic acids is 1. The Bertz CT molecular complexity index is 834. The highest BCUT2D eigenvalue weighted by molar-refractivity contribution is 6.01. The van der Waals surface area contributed by atoms with Crippen LogP contribution in [-0.2, 0) is 0 Å². The average molecular weight is 347 g/mol. The zero-order chi connectivity index (χ0) is 18.7. The molecule has 0 bridgehead atoms. The van der Waals surface area contributed by atoms with Gasteiger partial charge in [0.2, 0.25) is 0 Å². The number of nitrogens with zero attached hydrogens (tertiary/aromatic N) is 1.